The van der Waals surface area contributed by atoms with E-state index in [1.165, 1.54) is 35.5 Å². The fourth-order valence-corrected chi connectivity index (χ4v) is 2.84. The smallest absolute Gasteiger partial charge is 0.321 e. The van der Waals surface area contributed by atoms with Gasteiger partial charge in [-0.05, 0) is 24.6 Å². The lowest BCUT2D eigenvalue weighted by molar-refractivity contribution is -0.140. The van der Waals surface area contributed by atoms with Gasteiger partial charge in [0, 0.05) is 26.1 Å². The maximum absolute atomic E-state index is 13.1. The Morgan fingerprint density at radius 2 is 2.19 bits per heavy atom. The van der Waals surface area contributed by atoms with Crippen LogP contribution in [0.5, 0.6) is 0 Å². The molecule has 1 aromatic carbocycles. The highest BCUT2D eigenvalue weighted by molar-refractivity contribution is 7.13. The summed E-state index contributed by atoms with van der Waals surface area (Å²) >= 11 is 1.26. The normalized spacial score (nSPS) is 11.7. The van der Waals surface area contributed by atoms with E-state index in [2.05, 4.69) is 15.6 Å². The van der Waals surface area contributed by atoms with E-state index in [1.807, 2.05) is 0 Å². The number of nitrogens with zero attached hydrogens (tertiary/aromatic N) is 2. The summed E-state index contributed by atoms with van der Waals surface area (Å²) in [6.07, 6.45) is -0.523. The number of ether oxygens (including phenoxy) is 1. The Morgan fingerprint density at radius 1 is 1.42 bits per heavy atom. The fraction of sp³-hybridized carbons (Fsp3) is 0.353. The maximum Gasteiger partial charge on any atom is 0.321 e. The number of hydrogen-bond acceptors (Lipinski definition) is 5. The van der Waals surface area contributed by atoms with Crippen LogP contribution in [0, 0.1) is 5.82 Å². The molecule has 1 heterocycles. The molecule has 0 saturated heterocycles. The third-order valence-electron chi connectivity index (χ3n) is 3.59. The number of aromatic nitrogens is 1. The molecule has 140 valence electrons. The van der Waals surface area contributed by atoms with Gasteiger partial charge in [0.25, 0.3) is 5.91 Å². The first-order valence-electron chi connectivity index (χ1n) is 7.90. The molecule has 26 heavy (non-hydrogen) atoms. The van der Waals surface area contributed by atoms with Crippen molar-refractivity contribution in [3.05, 3.63) is 46.7 Å². The van der Waals surface area contributed by atoms with Gasteiger partial charge in [-0.3, -0.25) is 10.1 Å². The number of carbonyl (C=O) groups excluding carboxylic acids is 2. The highest BCUT2D eigenvalue weighted by Gasteiger charge is 2.18. The predicted molar refractivity (Wildman–Crippen MR) is 97.3 cm³/mol. The van der Waals surface area contributed by atoms with Crippen LogP contribution in [0.15, 0.2) is 29.6 Å². The van der Waals surface area contributed by atoms with Gasteiger partial charge >= 0.3 is 6.03 Å². The molecule has 0 radical (unpaired) electrons. The van der Waals surface area contributed by atoms with Gasteiger partial charge in [-0.25, -0.2) is 14.2 Å². The van der Waals surface area contributed by atoms with Crippen LogP contribution in [0.25, 0.3) is 0 Å². The molecule has 0 aliphatic heterocycles. The number of benzene rings is 1. The Bertz CT molecular complexity index is 768. The first kappa shape index (κ1) is 19.8. The summed E-state index contributed by atoms with van der Waals surface area (Å²) in [6, 6.07) is 5.57. The van der Waals surface area contributed by atoms with Gasteiger partial charge in [0.05, 0.1) is 12.2 Å². The molecule has 1 atom stereocenters. The lowest BCUT2D eigenvalue weighted by Gasteiger charge is -2.19. The number of carbonyl (C=O) groups is 2. The van der Waals surface area contributed by atoms with Crippen molar-refractivity contribution in [1.82, 2.24) is 15.2 Å². The monoisotopic (exact) mass is 380 g/mol. The fourth-order valence-electron chi connectivity index (χ4n) is 2.14. The summed E-state index contributed by atoms with van der Waals surface area (Å²) in [6.45, 7) is 2.19. The Labute approximate surface area is 155 Å². The molecule has 9 heteroatoms. The maximum atomic E-state index is 13.1. The average Bonchev–Trinajstić information content (AvgIpc) is 3.05. The number of thiazole rings is 1. The molecule has 2 aromatic rings. The van der Waals surface area contributed by atoms with Crippen molar-refractivity contribution in [3.8, 4) is 0 Å². The molecule has 0 saturated carbocycles. The molecular weight excluding hydrogens is 359 g/mol. The van der Waals surface area contributed by atoms with Gasteiger partial charge < -0.3 is 15.0 Å². The van der Waals surface area contributed by atoms with Crippen molar-refractivity contribution in [2.24, 2.45) is 0 Å². The molecule has 0 bridgehead atoms. The lowest BCUT2D eigenvalue weighted by atomic mass is 10.2. The van der Waals surface area contributed by atoms with E-state index in [4.69, 9.17) is 4.74 Å². The van der Waals surface area contributed by atoms with Crippen LogP contribution in [0.1, 0.15) is 18.2 Å². The SMILES string of the molecule is CO[C@H](C)C(=O)N(C)Cc1csc(NC(=O)NCc2cccc(F)c2)n1. The molecule has 7 nitrogen and oxygen atoms in total. The second kappa shape index (κ2) is 9.25. The van der Waals surface area contributed by atoms with E-state index in [0.29, 0.717) is 22.9 Å². The molecule has 2 N–H and O–H groups in total. The minimum Gasteiger partial charge on any atom is -0.372 e. The number of rotatable bonds is 7. The first-order valence-corrected chi connectivity index (χ1v) is 8.78. The topological polar surface area (TPSA) is 83.6 Å². The quantitative estimate of drug-likeness (QED) is 0.773. The zero-order valence-electron chi connectivity index (χ0n) is 14.8. The Hall–Kier alpha value is -2.52. The molecule has 0 aliphatic carbocycles. The van der Waals surface area contributed by atoms with Crippen LogP contribution in [-0.2, 0) is 22.6 Å². The van der Waals surface area contributed by atoms with Crippen LogP contribution in [0.2, 0.25) is 0 Å². The summed E-state index contributed by atoms with van der Waals surface area (Å²) in [4.78, 5) is 29.7. The van der Waals surface area contributed by atoms with E-state index >= 15 is 0 Å². The number of hydrogen-bond donors (Lipinski definition) is 2. The van der Waals surface area contributed by atoms with Crippen LogP contribution >= 0.6 is 11.3 Å². The van der Waals surface area contributed by atoms with E-state index in [0.717, 1.165) is 0 Å². The van der Waals surface area contributed by atoms with Gasteiger partial charge in [0.2, 0.25) is 0 Å². The van der Waals surface area contributed by atoms with Crippen molar-refractivity contribution >= 4 is 28.4 Å². The third-order valence-corrected chi connectivity index (χ3v) is 4.40. The van der Waals surface area contributed by atoms with Gasteiger partial charge in [-0.1, -0.05) is 12.1 Å². The molecule has 1 aromatic heterocycles. The highest BCUT2D eigenvalue weighted by Crippen LogP contribution is 2.17. The van der Waals surface area contributed by atoms with E-state index in [9.17, 15) is 14.0 Å². The Morgan fingerprint density at radius 3 is 2.88 bits per heavy atom. The number of urea groups is 1. The van der Waals surface area contributed by atoms with Gasteiger partial charge in [0.15, 0.2) is 5.13 Å². The zero-order valence-corrected chi connectivity index (χ0v) is 15.6. The largest absolute Gasteiger partial charge is 0.372 e. The number of halogens is 1. The van der Waals surface area contributed by atoms with Crippen molar-refractivity contribution in [2.45, 2.75) is 26.1 Å². The van der Waals surface area contributed by atoms with Gasteiger partial charge in [-0.15, -0.1) is 11.3 Å². The van der Waals surface area contributed by atoms with Crippen LogP contribution in [-0.4, -0.2) is 42.1 Å². The van der Waals surface area contributed by atoms with Crippen LogP contribution in [0.3, 0.4) is 0 Å². The van der Waals surface area contributed by atoms with E-state index in [1.54, 1.807) is 31.5 Å². The van der Waals surface area contributed by atoms with Crippen molar-refractivity contribution in [3.63, 3.8) is 0 Å². The predicted octanol–water partition coefficient (Wildman–Crippen LogP) is 2.60. The van der Waals surface area contributed by atoms with Crippen molar-refractivity contribution in [2.75, 3.05) is 19.5 Å². The minimum atomic E-state index is -0.523. The van der Waals surface area contributed by atoms with E-state index < -0.39 is 12.1 Å². The van der Waals surface area contributed by atoms with Crippen LogP contribution in [0.4, 0.5) is 14.3 Å². The molecule has 0 fully saturated rings. The molecule has 3 amide bonds. The van der Waals surface area contributed by atoms with E-state index in [-0.39, 0.29) is 18.3 Å². The third kappa shape index (κ3) is 5.78. The zero-order chi connectivity index (χ0) is 19.1. The number of nitrogens with one attached hydrogen (secondary N) is 2. The minimum absolute atomic E-state index is 0.150. The number of likely N-dealkylation sites (N-methyl/N-ethyl adjacent to an activating group) is 1. The summed E-state index contributed by atoms with van der Waals surface area (Å²) < 4.78 is 18.1. The van der Waals surface area contributed by atoms with Crippen molar-refractivity contribution < 1.29 is 18.7 Å². The second-order valence-electron chi connectivity index (χ2n) is 5.65. The molecule has 2 rings (SSSR count). The number of amides is 3. The van der Waals surface area contributed by atoms with Gasteiger partial charge in [0.1, 0.15) is 11.9 Å². The highest BCUT2D eigenvalue weighted by atomic mass is 32.1. The first-order chi connectivity index (χ1) is 12.4. The second-order valence-corrected chi connectivity index (χ2v) is 6.51. The lowest BCUT2D eigenvalue weighted by Crippen LogP contribution is -2.35. The number of anilines is 1. The molecule has 0 aliphatic rings. The number of methoxy groups -OCH3 is 1. The summed E-state index contributed by atoms with van der Waals surface area (Å²) in [5.74, 6) is -0.501. The molecule has 0 spiro atoms. The van der Waals surface area contributed by atoms with Crippen LogP contribution < -0.4 is 10.6 Å². The summed E-state index contributed by atoms with van der Waals surface area (Å²) in [5, 5.41) is 7.43. The molecular formula is C17H21FN4O3S. The van der Waals surface area contributed by atoms with Crippen molar-refractivity contribution in [1.29, 1.82) is 0 Å². The Kier molecular flexibility index (Phi) is 7.05. The molecule has 0 unspecified atom stereocenters. The summed E-state index contributed by atoms with van der Waals surface area (Å²) in [5.41, 5.74) is 1.32. The average molecular weight is 380 g/mol. The summed E-state index contributed by atoms with van der Waals surface area (Å²) in [7, 11) is 3.14. The standard InChI is InChI=1S/C17H21FN4O3S/c1-11(25-3)15(23)22(2)9-14-10-26-17(20-14)21-16(24)19-8-12-5-4-6-13(18)7-12/h4-7,10-11H,8-9H2,1-3H3,(H2,19,20,21,24)/t11-/m1/s1. The van der Waals surface area contributed by atoms with Gasteiger partial charge in [-0.2, -0.15) is 0 Å². The Balaban J connectivity index is 1.83.